The Hall–Kier alpha value is -4.65. The Morgan fingerprint density at radius 1 is 1.13 bits per heavy atom. The predicted octanol–water partition coefficient (Wildman–Crippen LogP) is 1.44. The molecule has 2 aliphatic heterocycles. The van der Waals surface area contributed by atoms with Gasteiger partial charge in [0.15, 0.2) is 0 Å². The van der Waals surface area contributed by atoms with Gasteiger partial charge in [0.05, 0.1) is 41.2 Å². The normalized spacial score (nSPS) is 19.0. The van der Waals surface area contributed by atoms with Crippen LogP contribution in [-0.4, -0.2) is 99.4 Å². The third-order valence-electron chi connectivity index (χ3n) is 7.24. The largest absolute Gasteiger partial charge is 0.354 e. The van der Waals surface area contributed by atoms with E-state index in [-0.39, 0.29) is 60.9 Å². The van der Waals surface area contributed by atoms with E-state index < -0.39 is 60.4 Å². The Morgan fingerprint density at radius 2 is 1.89 bits per heavy atom. The number of hydrogen-bond acceptors (Lipinski definition) is 9. The Bertz CT molecular complexity index is 1570. The molecule has 1 unspecified atom stereocenters. The molecule has 3 heterocycles. The summed E-state index contributed by atoms with van der Waals surface area (Å²) in [6, 6.07) is 6.50. The molecule has 16 heteroatoms. The van der Waals surface area contributed by atoms with Crippen molar-refractivity contribution >= 4 is 63.8 Å². The minimum Gasteiger partial charge on any atom is -0.354 e. The van der Waals surface area contributed by atoms with Crippen molar-refractivity contribution in [2.75, 3.05) is 37.2 Å². The molecule has 3 N–H and O–H groups in total. The average molecular weight is 644 g/mol. The summed E-state index contributed by atoms with van der Waals surface area (Å²) in [6.07, 6.45) is 0.373. The maximum absolute atomic E-state index is 13.7. The predicted molar refractivity (Wildman–Crippen MR) is 159 cm³/mol. The van der Waals surface area contributed by atoms with Gasteiger partial charge in [-0.15, -0.1) is 11.8 Å². The van der Waals surface area contributed by atoms with E-state index >= 15 is 0 Å². The van der Waals surface area contributed by atoms with Gasteiger partial charge < -0.3 is 20.9 Å². The lowest BCUT2D eigenvalue weighted by Crippen LogP contribution is -2.43. The van der Waals surface area contributed by atoms with Gasteiger partial charge in [-0.05, 0) is 17.9 Å². The molecule has 2 atom stereocenters. The monoisotopic (exact) mass is 643 g/mol. The number of alkyl halides is 2. The number of nitrogens with zero attached hydrogens (tertiary/aromatic N) is 4. The molecule has 45 heavy (non-hydrogen) atoms. The number of carbonyl (C=O) groups excluding carboxylic acids is 6. The second kappa shape index (κ2) is 14.4. The van der Waals surface area contributed by atoms with Gasteiger partial charge in [0.25, 0.3) is 11.8 Å². The number of likely N-dealkylation sites (tertiary alicyclic amines) is 2. The molecule has 2 aromatic rings. The fourth-order valence-corrected chi connectivity index (χ4v) is 6.01. The fourth-order valence-electron chi connectivity index (χ4n) is 5.08. The van der Waals surface area contributed by atoms with Crippen LogP contribution in [0.1, 0.15) is 43.0 Å². The molecule has 1 aromatic heterocycles. The van der Waals surface area contributed by atoms with Crippen molar-refractivity contribution < 1.29 is 37.5 Å². The third-order valence-corrected chi connectivity index (χ3v) is 8.34. The van der Waals surface area contributed by atoms with Crippen LogP contribution in [-0.2, 0) is 24.0 Å². The molecule has 4 rings (SSSR count). The molecule has 2 saturated heterocycles. The molecular formula is C29H31F2N7O6S. The molecule has 0 radical (unpaired) electrons. The first-order valence-corrected chi connectivity index (χ1v) is 15.2. The lowest BCUT2D eigenvalue weighted by molar-refractivity contribution is -0.138. The van der Waals surface area contributed by atoms with E-state index in [1.54, 1.807) is 24.3 Å². The number of pyridine rings is 1. The average Bonchev–Trinajstić information content (AvgIpc) is 3.48. The van der Waals surface area contributed by atoms with Crippen molar-refractivity contribution in [3.8, 4) is 6.07 Å². The summed E-state index contributed by atoms with van der Waals surface area (Å²) >= 11 is 1.41. The second-order valence-electron chi connectivity index (χ2n) is 10.4. The van der Waals surface area contributed by atoms with Crippen molar-refractivity contribution in [2.24, 2.45) is 0 Å². The molecule has 0 saturated carbocycles. The number of aromatic nitrogens is 1. The van der Waals surface area contributed by atoms with Gasteiger partial charge in [-0.1, -0.05) is 19.1 Å². The van der Waals surface area contributed by atoms with Crippen LogP contribution in [0.5, 0.6) is 0 Å². The number of para-hydroxylation sites is 1. The number of rotatable bonds is 12. The molecule has 238 valence electrons. The zero-order valence-corrected chi connectivity index (χ0v) is 25.1. The molecule has 0 aliphatic carbocycles. The van der Waals surface area contributed by atoms with Crippen LogP contribution in [0.15, 0.2) is 30.5 Å². The highest BCUT2D eigenvalue weighted by Gasteiger charge is 2.47. The first-order chi connectivity index (χ1) is 21.4. The fraction of sp³-hybridized carbons (Fsp3) is 0.448. The highest BCUT2D eigenvalue weighted by molar-refractivity contribution is 8.00. The number of nitrogens with one attached hydrogen (secondary N) is 3. The van der Waals surface area contributed by atoms with Crippen LogP contribution >= 0.6 is 11.8 Å². The summed E-state index contributed by atoms with van der Waals surface area (Å²) in [5.74, 6) is -5.46. The number of fused-ring (bicyclic) bond motifs is 1. The molecule has 13 nitrogen and oxygen atoms in total. The van der Waals surface area contributed by atoms with Gasteiger partial charge in [-0.2, -0.15) is 5.26 Å². The Labute approximate surface area is 261 Å². The van der Waals surface area contributed by atoms with Gasteiger partial charge in [0.1, 0.15) is 6.04 Å². The number of imide groups is 1. The number of amides is 6. The number of carbonyl (C=O) groups is 6. The maximum atomic E-state index is 13.7. The minimum absolute atomic E-state index is 0.0523. The van der Waals surface area contributed by atoms with Gasteiger partial charge in [-0.3, -0.25) is 38.7 Å². The van der Waals surface area contributed by atoms with Crippen molar-refractivity contribution in [1.29, 1.82) is 5.26 Å². The van der Waals surface area contributed by atoms with E-state index in [9.17, 15) is 37.5 Å². The van der Waals surface area contributed by atoms with Crippen molar-refractivity contribution in [3.05, 3.63) is 36.0 Å². The summed E-state index contributed by atoms with van der Waals surface area (Å²) in [4.78, 5) is 80.8. The number of benzene rings is 1. The van der Waals surface area contributed by atoms with E-state index in [4.69, 9.17) is 5.26 Å². The third kappa shape index (κ3) is 8.09. The Morgan fingerprint density at radius 3 is 2.62 bits per heavy atom. The topological polar surface area (TPSA) is 182 Å². The minimum atomic E-state index is -3.18. The lowest BCUT2D eigenvalue weighted by Gasteiger charge is -2.19. The first-order valence-electron chi connectivity index (χ1n) is 14.2. The summed E-state index contributed by atoms with van der Waals surface area (Å²) in [6.45, 7) is 0.520. The van der Waals surface area contributed by atoms with Gasteiger partial charge in [0.2, 0.25) is 29.5 Å². The van der Waals surface area contributed by atoms with E-state index in [0.29, 0.717) is 11.1 Å². The summed E-state index contributed by atoms with van der Waals surface area (Å²) in [7, 11) is 0. The standard InChI is InChI=1S/C29H31F2N7O6S/c1-2-45-21-12-24(41)37(28(21)44)11-10-33-22(39)6-7-23(40)36-20-5-3-4-18-19(8-9-34-26(18)20)27(43)35-15-25(42)38-16-29(30,31)13-17(38)14-32/h3-5,8-9,17,21H,2,6-7,10-13,15-16H2,1H3,(H,33,39)(H,35,43)(H,36,40)/t17-,21?/m0/s1. The first kappa shape index (κ1) is 33.2. The molecule has 1 aromatic carbocycles. The van der Waals surface area contributed by atoms with Crippen LogP contribution in [0, 0.1) is 11.3 Å². The molecule has 6 amide bonds. The lowest BCUT2D eigenvalue weighted by atomic mass is 10.1. The zero-order valence-electron chi connectivity index (χ0n) is 24.3. The van der Waals surface area contributed by atoms with E-state index in [2.05, 4.69) is 20.9 Å². The van der Waals surface area contributed by atoms with Crippen molar-refractivity contribution in [2.45, 2.75) is 49.8 Å². The molecule has 2 fully saturated rings. The maximum Gasteiger partial charge on any atom is 0.268 e. The highest BCUT2D eigenvalue weighted by atomic mass is 32.2. The Kier molecular flexibility index (Phi) is 10.7. The van der Waals surface area contributed by atoms with Crippen LogP contribution in [0.2, 0.25) is 0 Å². The van der Waals surface area contributed by atoms with E-state index in [1.807, 2.05) is 6.92 Å². The zero-order chi connectivity index (χ0) is 32.7. The van der Waals surface area contributed by atoms with Crippen LogP contribution in [0.4, 0.5) is 14.5 Å². The van der Waals surface area contributed by atoms with E-state index in [0.717, 1.165) is 9.80 Å². The summed E-state index contributed by atoms with van der Waals surface area (Å²) < 4.78 is 27.4. The number of nitriles is 1. The molecule has 0 spiro atoms. The van der Waals surface area contributed by atoms with Crippen LogP contribution < -0.4 is 16.0 Å². The number of hydrogen-bond donors (Lipinski definition) is 3. The van der Waals surface area contributed by atoms with Crippen molar-refractivity contribution in [3.63, 3.8) is 0 Å². The number of anilines is 1. The van der Waals surface area contributed by atoms with Crippen LogP contribution in [0.25, 0.3) is 10.9 Å². The SMILES string of the molecule is CCSC1CC(=O)N(CCNC(=O)CCC(=O)Nc2cccc3c(C(=O)NCC(=O)N4CC(F)(F)C[C@H]4C#N)ccnc23)C1=O. The highest BCUT2D eigenvalue weighted by Crippen LogP contribution is 2.31. The summed E-state index contributed by atoms with van der Waals surface area (Å²) in [5, 5.41) is 16.7. The quantitative estimate of drug-likeness (QED) is 0.288. The number of thioether (sulfide) groups is 1. The smallest absolute Gasteiger partial charge is 0.268 e. The molecular weight excluding hydrogens is 612 g/mol. The second-order valence-corrected chi connectivity index (χ2v) is 11.9. The van der Waals surface area contributed by atoms with Gasteiger partial charge >= 0.3 is 0 Å². The summed E-state index contributed by atoms with van der Waals surface area (Å²) in [5.41, 5.74) is 0.643. The van der Waals surface area contributed by atoms with E-state index in [1.165, 1.54) is 24.0 Å². The number of halogens is 2. The Balaban J connectivity index is 1.28. The van der Waals surface area contributed by atoms with Crippen molar-refractivity contribution in [1.82, 2.24) is 25.4 Å². The molecule has 0 bridgehead atoms. The van der Waals surface area contributed by atoms with Crippen LogP contribution in [0.3, 0.4) is 0 Å². The van der Waals surface area contributed by atoms with Gasteiger partial charge in [0, 0.05) is 50.4 Å². The van der Waals surface area contributed by atoms with Gasteiger partial charge in [-0.25, -0.2) is 8.78 Å². The molecule has 2 aliphatic rings.